The highest BCUT2D eigenvalue weighted by Crippen LogP contribution is 2.28. The van der Waals surface area contributed by atoms with Crippen molar-refractivity contribution in [1.82, 2.24) is 0 Å². The smallest absolute Gasteiger partial charge is 0.142 e. The molecule has 1 nitrogen and oxygen atoms in total. The third kappa shape index (κ3) is 3.11. The van der Waals surface area contributed by atoms with Gasteiger partial charge in [-0.25, -0.2) is 8.78 Å². The molecule has 0 bridgehead atoms. The summed E-state index contributed by atoms with van der Waals surface area (Å²) < 4.78 is 26.3. The molecule has 0 aliphatic rings. The fraction of sp³-hybridized carbons (Fsp3) is 0.200. The van der Waals surface area contributed by atoms with E-state index in [2.05, 4.69) is 0 Å². The highest BCUT2D eigenvalue weighted by molar-refractivity contribution is 6.31. The predicted molar refractivity (Wildman–Crippen MR) is 71.2 cm³/mol. The Hall–Kier alpha value is -1.45. The molecular weight excluding hydrogens is 270 g/mol. The second-order valence-electron chi connectivity index (χ2n) is 4.43. The minimum atomic E-state index is -0.924. The molecule has 0 aliphatic carbocycles. The van der Waals surface area contributed by atoms with Gasteiger partial charge in [0.2, 0.25) is 0 Å². The summed E-state index contributed by atoms with van der Waals surface area (Å²) in [7, 11) is 0. The van der Waals surface area contributed by atoms with Crippen LogP contribution < -0.4 is 0 Å². The Kier molecular flexibility index (Phi) is 4.17. The summed E-state index contributed by atoms with van der Waals surface area (Å²) in [6, 6.07) is 8.66. The lowest BCUT2D eigenvalue weighted by molar-refractivity contribution is 0.178. The zero-order valence-corrected chi connectivity index (χ0v) is 11.1. The molecule has 0 amide bonds. The van der Waals surface area contributed by atoms with Gasteiger partial charge in [-0.05, 0) is 36.2 Å². The van der Waals surface area contributed by atoms with E-state index in [0.29, 0.717) is 5.56 Å². The summed E-state index contributed by atoms with van der Waals surface area (Å²) in [6.07, 6.45) is -0.665. The Morgan fingerprint density at radius 1 is 1.21 bits per heavy atom. The molecule has 4 heteroatoms. The van der Waals surface area contributed by atoms with Gasteiger partial charge in [-0.3, -0.25) is 0 Å². The first kappa shape index (κ1) is 14.0. The van der Waals surface area contributed by atoms with Gasteiger partial charge in [0, 0.05) is 12.0 Å². The van der Waals surface area contributed by atoms with Crippen molar-refractivity contribution in [3.05, 3.63) is 69.7 Å². The van der Waals surface area contributed by atoms with Crippen molar-refractivity contribution in [3.8, 4) is 0 Å². The van der Waals surface area contributed by atoms with Crippen LogP contribution in [0.1, 0.15) is 22.8 Å². The Balaban J connectivity index is 2.25. The van der Waals surface area contributed by atoms with E-state index >= 15 is 0 Å². The van der Waals surface area contributed by atoms with Gasteiger partial charge in [0.1, 0.15) is 11.6 Å². The van der Waals surface area contributed by atoms with E-state index < -0.39 is 11.9 Å². The molecule has 0 saturated carbocycles. The minimum absolute atomic E-state index is 0.0743. The molecule has 100 valence electrons. The van der Waals surface area contributed by atoms with Crippen molar-refractivity contribution in [2.45, 2.75) is 19.4 Å². The average Bonchev–Trinajstić information content (AvgIpc) is 2.36. The Labute approximate surface area is 115 Å². The second kappa shape index (κ2) is 5.68. The minimum Gasteiger partial charge on any atom is -0.388 e. The molecule has 0 aromatic heterocycles. The first-order chi connectivity index (χ1) is 8.99. The number of aryl methyl sites for hydroxylation is 1. The average molecular weight is 283 g/mol. The van der Waals surface area contributed by atoms with Crippen LogP contribution in [0, 0.1) is 18.6 Å². The molecule has 2 aromatic rings. The lowest BCUT2D eigenvalue weighted by Crippen LogP contribution is -2.05. The Morgan fingerprint density at radius 3 is 2.63 bits per heavy atom. The van der Waals surface area contributed by atoms with Gasteiger partial charge in [0.15, 0.2) is 0 Å². The molecule has 0 fully saturated rings. The third-order valence-electron chi connectivity index (χ3n) is 3.06. The zero-order chi connectivity index (χ0) is 14.0. The second-order valence-corrected chi connectivity index (χ2v) is 4.81. The highest BCUT2D eigenvalue weighted by atomic mass is 35.5. The molecule has 0 spiro atoms. The molecule has 0 heterocycles. The van der Waals surface area contributed by atoms with Crippen molar-refractivity contribution in [3.63, 3.8) is 0 Å². The van der Waals surface area contributed by atoms with Gasteiger partial charge in [-0.1, -0.05) is 29.8 Å². The summed E-state index contributed by atoms with van der Waals surface area (Å²) in [5, 5.41) is 10.1. The molecule has 0 radical (unpaired) electrons. The van der Waals surface area contributed by atoms with E-state index in [0.717, 1.165) is 11.1 Å². The maximum atomic E-state index is 13.3. The van der Waals surface area contributed by atoms with E-state index in [4.69, 9.17) is 11.6 Å². The fourth-order valence-electron chi connectivity index (χ4n) is 1.98. The van der Waals surface area contributed by atoms with E-state index in [1.165, 1.54) is 24.3 Å². The first-order valence-electron chi connectivity index (χ1n) is 5.86. The lowest BCUT2D eigenvalue weighted by Gasteiger charge is -2.14. The van der Waals surface area contributed by atoms with Crippen LogP contribution in [-0.4, -0.2) is 5.11 Å². The quantitative estimate of drug-likeness (QED) is 0.894. The molecule has 0 saturated heterocycles. The maximum Gasteiger partial charge on any atom is 0.142 e. The number of hydrogen-bond acceptors (Lipinski definition) is 1. The number of halogens is 3. The van der Waals surface area contributed by atoms with Crippen molar-refractivity contribution in [1.29, 1.82) is 0 Å². The summed E-state index contributed by atoms with van der Waals surface area (Å²) in [5.74, 6) is -0.881. The summed E-state index contributed by atoms with van der Waals surface area (Å²) in [4.78, 5) is 0. The molecule has 19 heavy (non-hydrogen) atoms. The number of hydrogen-bond donors (Lipinski definition) is 1. The number of aliphatic hydroxyl groups is 1. The SMILES string of the molecule is Cc1cc(F)ccc1CC(O)c1cccc(F)c1Cl. The van der Waals surface area contributed by atoms with Crippen LogP contribution in [0.5, 0.6) is 0 Å². The predicted octanol–water partition coefficient (Wildman–Crippen LogP) is 4.20. The van der Waals surface area contributed by atoms with Gasteiger partial charge >= 0.3 is 0 Å². The molecule has 1 unspecified atom stereocenters. The molecule has 2 rings (SSSR count). The van der Waals surface area contributed by atoms with Crippen LogP contribution in [0.4, 0.5) is 8.78 Å². The van der Waals surface area contributed by atoms with Gasteiger partial charge < -0.3 is 5.11 Å². The Morgan fingerprint density at radius 2 is 1.95 bits per heavy atom. The topological polar surface area (TPSA) is 20.2 Å². The van der Waals surface area contributed by atoms with Crippen LogP contribution in [0.25, 0.3) is 0 Å². The lowest BCUT2D eigenvalue weighted by atomic mass is 9.98. The van der Waals surface area contributed by atoms with Crippen LogP contribution >= 0.6 is 11.6 Å². The molecular formula is C15H13ClF2O. The van der Waals surface area contributed by atoms with Gasteiger partial charge in [-0.2, -0.15) is 0 Å². The van der Waals surface area contributed by atoms with Gasteiger partial charge in [-0.15, -0.1) is 0 Å². The standard InChI is InChI=1S/C15H13ClF2O/c1-9-7-11(17)6-5-10(9)8-14(19)12-3-2-4-13(18)15(12)16/h2-7,14,19H,8H2,1H3. The molecule has 0 aliphatic heterocycles. The van der Waals surface area contributed by atoms with Crippen LogP contribution in [-0.2, 0) is 6.42 Å². The summed E-state index contributed by atoms with van der Waals surface area (Å²) in [5.41, 5.74) is 1.88. The number of benzene rings is 2. The van der Waals surface area contributed by atoms with Crippen molar-refractivity contribution < 1.29 is 13.9 Å². The van der Waals surface area contributed by atoms with E-state index in [9.17, 15) is 13.9 Å². The summed E-state index contributed by atoms with van der Waals surface area (Å²) >= 11 is 5.82. The molecule has 1 N–H and O–H groups in total. The molecule has 1 atom stereocenters. The first-order valence-corrected chi connectivity index (χ1v) is 6.24. The van der Waals surface area contributed by atoms with Crippen molar-refractivity contribution >= 4 is 11.6 Å². The van der Waals surface area contributed by atoms with Crippen LogP contribution in [0.15, 0.2) is 36.4 Å². The third-order valence-corrected chi connectivity index (χ3v) is 3.46. The van der Waals surface area contributed by atoms with Gasteiger partial charge in [0.05, 0.1) is 11.1 Å². The zero-order valence-electron chi connectivity index (χ0n) is 10.3. The van der Waals surface area contributed by atoms with Crippen molar-refractivity contribution in [2.75, 3.05) is 0 Å². The largest absolute Gasteiger partial charge is 0.388 e. The van der Waals surface area contributed by atoms with Crippen molar-refractivity contribution in [2.24, 2.45) is 0 Å². The normalized spacial score (nSPS) is 12.5. The number of aliphatic hydroxyl groups excluding tert-OH is 1. The van der Waals surface area contributed by atoms with E-state index in [1.807, 2.05) is 0 Å². The number of rotatable bonds is 3. The molecule has 2 aromatic carbocycles. The fourth-order valence-corrected chi connectivity index (χ4v) is 2.24. The van der Waals surface area contributed by atoms with Gasteiger partial charge in [0.25, 0.3) is 0 Å². The van der Waals surface area contributed by atoms with Crippen LogP contribution in [0.2, 0.25) is 5.02 Å². The highest BCUT2D eigenvalue weighted by Gasteiger charge is 2.15. The monoisotopic (exact) mass is 282 g/mol. The van der Waals surface area contributed by atoms with E-state index in [-0.39, 0.29) is 17.3 Å². The summed E-state index contributed by atoms with van der Waals surface area (Å²) in [6.45, 7) is 1.76. The Bertz CT molecular complexity index is 599. The van der Waals surface area contributed by atoms with E-state index in [1.54, 1.807) is 19.1 Å². The van der Waals surface area contributed by atoms with Crippen LogP contribution in [0.3, 0.4) is 0 Å². The maximum absolute atomic E-state index is 13.3.